The Balaban J connectivity index is 1.43. The van der Waals surface area contributed by atoms with Crippen LogP contribution in [-0.2, 0) is 11.2 Å². The van der Waals surface area contributed by atoms with Gasteiger partial charge in [-0.3, -0.25) is 10.1 Å². The zero-order valence-electron chi connectivity index (χ0n) is 19.4. The van der Waals surface area contributed by atoms with E-state index >= 15 is 0 Å². The summed E-state index contributed by atoms with van der Waals surface area (Å²) in [7, 11) is 0. The molecule has 5 N–H and O–H groups in total. The molecule has 13 heteroatoms. The molecular formula is C25H19Cl2N7O3S. The molecule has 0 bridgehead atoms. The van der Waals surface area contributed by atoms with Crippen LogP contribution in [0.25, 0.3) is 5.57 Å². The number of hydrogen-bond acceptors (Lipinski definition) is 7. The van der Waals surface area contributed by atoms with Crippen molar-refractivity contribution in [2.24, 2.45) is 10.9 Å². The highest BCUT2D eigenvalue weighted by Crippen LogP contribution is 2.38. The number of carboxylic acid groups (broad SMARTS) is 1. The summed E-state index contributed by atoms with van der Waals surface area (Å²) in [6, 6.07) is 18.4. The Morgan fingerprint density at radius 3 is 2.55 bits per heavy atom. The monoisotopic (exact) mass is 567 g/mol. The first kappa shape index (κ1) is 25.6. The molecule has 2 aliphatic heterocycles. The van der Waals surface area contributed by atoms with Gasteiger partial charge in [-0.2, -0.15) is 0 Å². The topological polar surface area (TPSA) is 127 Å². The summed E-state index contributed by atoms with van der Waals surface area (Å²) in [6.45, 7) is 0. The van der Waals surface area contributed by atoms with Crippen LogP contribution >= 0.6 is 35.4 Å². The zero-order valence-corrected chi connectivity index (χ0v) is 21.8. The number of nitrogens with one attached hydrogen (secondary N) is 2. The molecule has 3 aromatic rings. The average Bonchev–Trinajstić information content (AvgIpc) is 3.32. The summed E-state index contributed by atoms with van der Waals surface area (Å²) in [5.41, 5.74) is 7.16. The number of carbonyl (C=O) groups is 2. The van der Waals surface area contributed by atoms with E-state index in [9.17, 15) is 14.7 Å². The van der Waals surface area contributed by atoms with E-state index in [1.165, 1.54) is 5.12 Å². The molecular weight excluding hydrogens is 549 g/mol. The number of hydrogen-bond donors (Lipinski definition) is 4. The molecule has 0 radical (unpaired) electrons. The third-order valence-corrected chi connectivity index (χ3v) is 6.47. The fourth-order valence-corrected chi connectivity index (χ4v) is 4.47. The normalized spacial score (nSPS) is 13.8. The van der Waals surface area contributed by atoms with Crippen molar-refractivity contribution < 1.29 is 14.7 Å². The van der Waals surface area contributed by atoms with Crippen LogP contribution in [0.4, 0.5) is 16.2 Å². The Morgan fingerprint density at radius 1 is 1.08 bits per heavy atom. The maximum absolute atomic E-state index is 12.7. The predicted octanol–water partition coefficient (Wildman–Crippen LogP) is 4.30. The number of nitrogens with zero attached hydrogens (tertiary/aromatic N) is 4. The SMILES string of the molecule is NN(C(=O)NC(=S)N1N=C2C=C(c3cccc(Cl)c3)c3cc(CC(=O)O)ccc3N2N1)c1ccc(Cl)cc1. The summed E-state index contributed by atoms with van der Waals surface area (Å²) in [6.07, 6.45) is 1.69. The van der Waals surface area contributed by atoms with Gasteiger partial charge in [0.1, 0.15) is 0 Å². The predicted molar refractivity (Wildman–Crippen MR) is 150 cm³/mol. The third kappa shape index (κ3) is 5.19. The van der Waals surface area contributed by atoms with Gasteiger partial charge in [0.05, 0.1) is 17.8 Å². The Kier molecular flexibility index (Phi) is 7.02. The first-order chi connectivity index (χ1) is 18.2. The van der Waals surface area contributed by atoms with Crippen LogP contribution in [0, 0.1) is 0 Å². The molecule has 38 heavy (non-hydrogen) atoms. The van der Waals surface area contributed by atoms with Gasteiger partial charge in [-0.05, 0) is 83.5 Å². The summed E-state index contributed by atoms with van der Waals surface area (Å²) in [4.78, 5) is 24.0. The van der Waals surface area contributed by atoms with Crippen LogP contribution in [0.2, 0.25) is 10.0 Å². The van der Waals surface area contributed by atoms with Crippen LogP contribution in [0.5, 0.6) is 0 Å². The van der Waals surface area contributed by atoms with Crippen molar-refractivity contribution in [2.75, 3.05) is 10.0 Å². The van der Waals surface area contributed by atoms with E-state index in [0.717, 1.165) is 21.7 Å². The van der Waals surface area contributed by atoms with E-state index in [-0.39, 0.29) is 11.5 Å². The molecule has 192 valence electrons. The molecule has 0 saturated heterocycles. The minimum absolute atomic E-state index is 0.0527. The second-order valence-electron chi connectivity index (χ2n) is 8.28. The number of carboxylic acids is 1. The number of amides is 2. The second-order valence-corrected chi connectivity index (χ2v) is 9.54. The lowest BCUT2D eigenvalue weighted by atomic mass is 9.91. The fourth-order valence-electron chi connectivity index (χ4n) is 3.98. The van der Waals surface area contributed by atoms with E-state index in [0.29, 0.717) is 32.8 Å². The van der Waals surface area contributed by atoms with Crippen molar-refractivity contribution in [1.29, 1.82) is 0 Å². The highest BCUT2D eigenvalue weighted by Gasteiger charge is 2.33. The number of urea groups is 1. The van der Waals surface area contributed by atoms with E-state index in [4.69, 9.17) is 41.3 Å². The molecule has 2 amide bonds. The Hall–Kier alpha value is -4.00. The number of thiocarbonyl (C=S) groups is 1. The van der Waals surface area contributed by atoms with E-state index in [1.54, 1.807) is 47.5 Å². The lowest BCUT2D eigenvalue weighted by molar-refractivity contribution is -0.136. The van der Waals surface area contributed by atoms with E-state index < -0.39 is 12.0 Å². The number of nitrogens with two attached hydrogens (primary N) is 1. The van der Waals surface area contributed by atoms with Gasteiger partial charge < -0.3 is 5.11 Å². The maximum Gasteiger partial charge on any atom is 0.342 e. The van der Waals surface area contributed by atoms with Crippen molar-refractivity contribution in [2.45, 2.75) is 6.42 Å². The molecule has 0 saturated carbocycles. The van der Waals surface area contributed by atoms with Gasteiger partial charge in [0.25, 0.3) is 0 Å². The van der Waals surface area contributed by atoms with Gasteiger partial charge in [-0.25, -0.2) is 20.7 Å². The van der Waals surface area contributed by atoms with Crippen molar-refractivity contribution in [3.8, 4) is 0 Å². The fraction of sp³-hybridized carbons (Fsp3) is 0.0400. The average molecular weight is 568 g/mol. The number of halogens is 2. The minimum atomic E-state index is -0.935. The van der Waals surface area contributed by atoms with Gasteiger partial charge in [0, 0.05) is 15.6 Å². The second kappa shape index (κ2) is 10.4. The maximum atomic E-state index is 12.7. The highest BCUT2D eigenvalue weighted by atomic mass is 35.5. The van der Waals surface area contributed by atoms with Crippen LogP contribution < -0.4 is 26.7 Å². The van der Waals surface area contributed by atoms with Gasteiger partial charge in [-0.15, -0.1) is 15.8 Å². The summed E-state index contributed by atoms with van der Waals surface area (Å²) in [5, 5.41) is 21.1. The van der Waals surface area contributed by atoms with Crippen LogP contribution in [0.15, 0.2) is 77.9 Å². The van der Waals surface area contributed by atoms with E-state index in [1.807, 2.05) is 30.3 Å². The molecule has 0 fully saturated rings. The Labute approximate surface area is 232 Å². The first-order valence-electron chi connectivity index (χ1n) is 11.1. The Morgan fingerprint density at radius 2 is 1.84 bits per heavy atom. The number of anilines is 2. The molecule has 3 aromatic carbocycles. The van der Waals surface area contributed by atoms with Gasteiger partial charge in [0.2, 0.25) is 5.11 Å². The standard InChI is InChI=1S/C25H19Cl2N7O3S/c26-16-5-7-18(8-6-16)32(28)24(37)29-25(38)34-30-22-13-19(15-2-1-3-17(27)12-15)20-10-14(11-23(35)36)4-9-21(20)33(22)31-34/h1-10,12-13,31H,11,28H2,(H,35,36)(H,29,37,38). The molecule has 0 spiro atoms. The lowest BCUT2D eigenvalue weighted by Gasteiger charge is -2.28. The summed E-state index contributed by atoms with van der Waals surface area (Å²) < 4.78 is 0. The quantitative estimate of drug-likeness (QED) is 0.159. The number of hydrazine groups is 3. The Bertz CT molecular complexity index is 1530. The number of benzene rings is 3. The number of rotatable bonds is 4. The molecule has 0 unspecified atom stereocenters. The van der Waals surface area contributed by atoms with Crippen molar-refractivity contribution >= 4 is 75.3 Å². The van der Waals surface area contributed by atoms with Crippen molar-refractivity contribution in [3.05, 3.63) is 99.5 Å². The van der Waals surface area contributed by atoms with Crippen LogP contribution in [-0.4, -0.2) is 33.2 Å². The van der Waals surface area contributed by atoms with Crippen LogP contribution in [0.3, 0.4) is 0 Å². The molecule has 0 aromatic heterocycles. The molecule has 5 rings (SSSR count). The van der Waals surface area contributed by atoms with Gasteiger partial charge >= 0.3 is 12.0 Å². The van der Waals surface area contributed by atoms with Crippen molar-refractivity contribution in [3.63, 3.8) is 0 Å². The highest BCUT2D eigenvalue weighted by molar-refractivity contribution is 7.80. The first-order valence-corrected chi connectivity index (χ1v) is 12.3. The van der Waals surface area contributed by atoms with E-state index in [2.05, 4.69) is 16.0 Å². The summed E-state index contributed by atoms with van der Waals surface area (Å²) >= 11 is 17.5. The van der Waals surface area contributed by atoms with Crippen molar-refractivity contribution in [1.82, 2.24) is 16.0 Å². The molecule has 10 nitrogen and oxygen atoms in total. The lowest BCUT2D eigenvalue weighted by Crippen LogP contribution is -2.54. The largest absolute Gasteiger partial charge is 0.481 e. The molecule has 0 aliphatic carbocycles. The molecule has 2 heterocycles. The van der Waals surface area contributed by atoms with Gasteiger partial charge in [-0.1, -0.05) is 41.4 Å². The minimum Gasteiger partial charge on any atom is -0.481 e. The number of fused-ring (bicyclic) bond motifs is 3. The number of amidine groups is 1. The van der Waals surface area contributed by atoms with Gasteiger partial charge in [0.15, 0.2) is 5.84 Å². The summed E-state index contributed by atoms with van der Waals surface area (Å²) in [5.74, 6) is 5.48. The number of hydrazone groups is 1. The smallest absolute Gasteiger partial charge is 0.342 e. The zero-order chi connectivity index (χ0) is 27.0. The number of carbonyl (C=O) groups excluding carboxylic acids is 1. The van der Waals surface area contributed by atoms with Crippen LogP contribution in [0.1, 0.15) is 16.7 Å². The third-order valence-electron chi connectivity index (χ3n) is 5.71. The number of aliphatic carboxylic acids is 1. The molecule has 0 atom stereocenters. The molecule has 2 aliphatic rings.